The van der Waals surface area contributed by atoms with Crippen LogP contribution in [0.25, 0.3) is 0 Å². The summed E-state index contributed by atoms with van der Waals surface area (Å²) in [7, 11) is -3.72. The quantitative estimate of drug-likeness (QED) is 0.407. The van der Waals surface area contributed by atoms with Gasteiger partial charge in [-0.05, 0) is 12.8 Å². The summed E-state index contributed by atoms with van der Waals surface area (Å²) in [6.07, 6.45) is 5.64. The first-order valence-electron chi connectivity index (χ1n) is 7.62. The highest BCUT2D eigenvalue weighted by Crippen LogP contribution is 2.15. The second-order valence-electron chi connectivity index (χ2n) is 4.80. The van der Waals surface area contributed by atoms with E-state index in [-0.39, 0.29) is 0 Å². The van der Waals surface area contributed by atoms with Crippen molar-refractivity contribution in [1.82, 2.24) is 0 Å². The monoisotopic (exact) mass is 320 g/mol. The highest BCUT2D eigenvalue weighted by atomic mass is 28.4. The third-order valence-electron chi connectivity index (χ3n) is 2.59. The maximum Gasteiger partial charge on any atom is 0.824 e. The number of unbranched alkanes of at least 4 members (excludes halogenated alkanes) is 4. The van der Waals surface area contributed by atoms with Gasteiger partial charge in [0.05, 0.1) is 0 Å². The molecule has 0 N–H and O–H groups in total. The van der Waals surface area contributed by atoms with Crippen molar-refractivity contribution in [1.29, 1.82) is 0 Å². The Hall–Kier alpha value is -0.923. The molecule has 0 bridgehead atoms. The van der Waals surface area contributed by atoms with Gasteiger partial charge in [-0.2, -0.15) is 0 Å². The van der Waals surface area contributed by atoms with Gasteiger partial charge in [-0.15, -0.1) is 0 Å². The van der Waals surface area contributed by atoms with Gasteiger partial charge in [0.25, 0.3) is 11.9 Å². The van der Waals surface area contributed by atoms with E-state index in [0.717, 1.165) is 38.5 Å². The Morgan fingerprint density at radius 3 is 1.43 bits per heavy atom. The van der Waals surface area contributed by atoms with Gasteiger partial charge in [-0.25, -0.2) is 0 Å². The average Bonchev–Trinajstić information content (AvgIpc) is 2.38. The lowest BCUT2D eigenvalue weighted by atomic mass is 10.3. The lowest BCUT2D eigenvalue weighted by Crippen LogP contribution is -2.51. The summed E-state index contributed by atoms with van der Waals surface area (Å²) in [5, 5.41) is 0. The zero-order valence-electron chi connectivity index (χ0n) is 13.6. The Balaban J connectivity index is 4.67. The number of hydrogen-bond donors (Lipinski definition) is 0. The van der Waals surface area contributed by atoms with Crippen LogP contribution in [0.3, 0.4) is 0 Å². The van der Waals surface area contributed by atoms with Gasteiger partial charge in [-0.3, -0.25) is 9.59 Å². The van der Waals surface area contributed by atoms with E-state index in [1.807, 2.05) is 0 Å². The van der Waals surface area contributed by atoms with Crippen LogP contribution in [0.5, 0.6) is 0 Å². The molecule has 0 amide bonds. The van der Waals surface area contributed by atoms with E-state index in [2.05, 4.69) is 13.8 Å². The van der Waals surface area contributed by atoms with E-state index in [1.165, 1.54) is 13.8 Å². The van der Waals surface area contributed by atoms with Crippen LogP contribution in [0.4, 0.5) is 0 Å². The fourth-order valence-corrected chi connectivity index (χ4v) is 3.48. The molecule has 0 saturated carbocycles. The highest BCUT2D eigenvalue weighted by molar-refractivity contribution is 6.57. The standard InChI is InChI=1S/C14H28O6Si/c1-5-7-9-11-17-21(19-13(3)15,20-14(4)16)18-12-10-8-6-2/h5-12H2,1-4H3. The summed E-state index contributed by atoms with van der Waals surface area (Å²) < 4.78 is 21.4. The summed E-state index contributed by atoms with van der Waals surface area (Å²) in [6, 6.07) is 0. The molecule has 0 fully saturated rings. The van der Waals surface area contributed by atoms with Crippen LogP contribution < -0.4 is 0 Å². The minimum absolute atomic E-state index is 0.342. The van der Waals surface area contributed by atoms with E-state index >= 15 is 0 Å². The molecule has 0 aliphatic carbocycles. The maximum absolute atomic E-state index is 11.3. The Morgan fingerprint density at radius 1 is 0.762 bits per heavy atom. The SMILES string of the molecule is CCCCCO[Si](OCCCCC)(OC(C)=O)OC(C)=O. The predicted molar refractivity (Wildman–Crippen MR) is 80.2 cm³/mol. The zero-order valence-corrected chi connectivity index (χ0v) is 14.6. The normalized spacial score (nSPS) is 11.2. The van der Waals surface area contributed by atoms with Crippen molar-refractivity contribution in [3.8, 4) is 0 Å². The fourth-order valence-electron chi connectivity index (χ4n) is 1.63. The van der Waals surface area contributed by atoms with Crippen LogP contribution >= 0.6 is 0 Å². The molecule has 124 valence electrons. The molecule has 0 spiro atoms. The second-order valence-corrected chi connectivity index (χ2v) is 6.78. The molecule has 0 radical (unpaired) electrons. The van der Waals surface area contributed by atoms with Crippen LogP contribution in [-0.2, 0) is 27.3 Å². The summed E-state index contributed by atoms with van der Waals surface area (Å²) >= 11 is 0. The van der Waals surface area contributed by atoms with Gasteiger partial charge in [0, 0.05) is 27.1 Å². The van der Waals surface area contributed by atoms with Crippen molar-refractivity contribution >= 4 is 21.0 Å². The van der Waals surface area contributed by atoms with Gasteiger partial charge < -0.3 is 17.7 Å². The summed E-state index contributed by atoms with van der Waals surface area (Å²) in [6.45, 7) is 7.32. The predicted octanol–water partition coefficient (Wildman–Crippen LogP) is 2.96. The van der Waals surface area contributed by atoms with E-state index in [1.54, 1.807) is 0 Å². The van der Waals surface area contributed by atoms with Crippen molar-refractivity contribution in [2.24, 2.45) is 0 Å². The first-order valence-corrected chi connectivity index (χ1v) is 9.26. The molecule has 0 unspecified atom stereocenters. The molecule has 0 saturated heterocycles. The summed E-state index contributed by atoms with van der Waals surface area (Å²) in [5.41, 5.74) is 0. The Morgan fingerprint density at radius 2 is 1.14 bits per heavy atom. The fraction of sp³-hybridized carbons (Fsp3) is 0.857. The molecule has 0 aliphatic rings. The minimum atomic E-state index is -3.72. The number of hydrogen-bond acceptors (Lipinski definition) is 6. The van der Waals surface area contributed by atoms with Crippen LogP contribution in [0.1, 0.15) is 66.2 Å². The highest BCUT2D eigenvalue weighted by Gasteiger charge is 2.53. The van der Waals surface area contributed by atoms with E-state index in [4.69, 9.17) is 17.7 Å². The van der Waals surface area contributed by atoms with Gasteiger partial charge >= 0.3 is 9.05 Å². The molecule has 0 aromatic carbocycles. The van der Waals surface area contributed by atoms with Crippen LogP contribution in [0.2, 0.25) is 0 Å². The van der Waals surface area contributed by atoms with Crippen molar-refractivity contribution in [2.75, 3.05) is 13.2 Å². The number of rotatable bonds is 12. The van der Waals surface area contributed by atoms with Crippen LogP contribution in [-0.4, -0.2) is 34.2 Å². The lowest BCUT2D eigenvalue weighted by Gasteiger charge is -2.25. The molecule has 0 aromatic rings. The molecule has 0 heterocycles. The molecular formula is C14H28O6Si. The largest absolute Gasteiger partial charge is 0.824 e. The minimum Gasteiger partial charge on any atom is -0.442 e. The molecule has 0 rings (SSSR count). The lowest BCUT2D eigenvalue weighted by molar-refractivity contribution is -0.150. The zero-order chi connectivity index (χ0) is 16.1. The van der Waals surface area contributed by atoms with E-state index in [0.29, 0.717) is 13.2 Å². The molecule has 7 heteroatoms. The topological polar surface area (TPSA) is 71.1 Å². The van der Waals surface area contributed by atoms with Gasteiger partial charge in [-0.1, -0.05) is 39.5 Å². The van der Waals surface area contributed by atoms with Gasteiger partial charge in [0.1, 0.15) is 0 Å². The van der Waals surface area contributed by atoms with Crippen molar-refractivity contribution < 1.29 is 27.3 Å². The first kappa shape index (κ1) is 20.1. The van der Waals surface area contributed by atoms with Gasteiger partial charge in [0.2, 0.25) is 0 Å². The maximum atomic E-state index is 11.3. The molecule has 21 heavy (non-hydrogen) atoms. The molecule has 6 nitrogen and oxygen atoms in total. The Bertz CT molecular complexity index is 278. The number of carbonyl (C=O) groups is 2. The Kier molecular flexibility index (Phi) is 11.2. The van der Waals surface area contributed by atoms with Crippen molar-refractivity contribution in [3.63, 3.8) is 0 Å². The molecular weight excluding hydrogens is 292 g/mol. The third-order valence-corrected chi connectivity index (χ3v) is 4.78. The van der Waals surface area contributed by atoms with Crippen LogP contribution in [0, 0.1) is 0 Å². The van der Waals surface area contributed by atoms with Crippen LogP contribution in [0.15, 0.2) is 0 Å². The summed E-state index contributed by atoms with van der Waals surface area (Å²) in [5.74, 6) is -1.15. The molecule has 0 atom stereocenters. The average molecular weight is 320 g/mol. The number of carbonyl (C=O) groups excluding carboxylic acids is 2. The van der Waals surface area contributed by atoms with E-state index in [9.17, 15) is 9.59 Å². The van der Waals surface area contributed by atoms with Gasteiger partial charge in [0.15, 0.2) is 0 Å². The Labute approximate surface area is 128 Å². The second kappa shape index (κ2) is 11.7. The van der Waals surface area contributed by atoms with E-state index < -0.39 is 21.0 Å². The first-order chi connectivity index (χ1) is 9.95. The smallest absolute Gasteiger partial charge is 0.442 e. The van der Waals surface area contributed by atoms with Crippen molar-refractivity contribution in [2.45, 2.75) is 66.2 Å². The molecule has 0 aromatic heterocycles. The molecule has 0 aliphatic heterocycles. The summed E-state index contributed by atoms with van der Waals surface area (Å²) in [4.78, 5) is 22.6. The van der Waals surface area contributed by atoms with Crippen molar-refractivity contribution in [3.05, 3.63) is 0 Å². The third kappa shape index (κ3) is 10.4.